The molecule has 5 heteroatoms. The van der Waals surface area contributed by atoms with Gasteiger partial charge in [0.1, 0.15) is 11.5 Å². The summed E-state index contributed by atoms with van der Waals surface area (Å²) in [4.78, 5) is 2.68. The van der Waals surface area contributed by atoms with E-state index < -0.39 is 0 Å². The first-order valence-electron chi connectivity index (χ1n) is 19.0. The number of hydrogen-bond acceptors (Lipinski definition) is 2. The maximum Gasteiger partial charge on any atom is 0.253 e. The third-order valence-corrected chi connectivity index (χ3v) is 13.3. The number of benzene rings is 5. The molecule has 0 saturated heterocycles. The first-order valence-corrected chi connectivity index (χ1v) is 19.8. The molecule has 3 nitrogen and oxygen atoms in total. The van der Waals surface area contributed by atoms with Gasteiger partial charge < -0.3 is 13.9 Å². The molecule has 2 aliphatic carbocycles. The van der Waals surface area contributed by atoms with Crippen LogP contribution in [0.25, 0.3) is 33.2 Å². The van der Waals surface area contributed by atoms with E-state index in [0.717, 1.165) is 30.8 Å². The Kier molecular flexibility index (Phi) is 6.45. The molecule has 0 saturated carbocycles. The van der Waals surface area contributed by atoms with Crippen LogP contribution in [-0.4, -0.2) is 15.8 Å². The maximum atomic E-state index is 7.03. The van der Waals surface area contributed by atoms with Crippen LogP contribution >= 0.6 is 11.8 Å². The Morgan fingerprint density at radius 2 is 1.18 bits per heavy atom. The molecular formula is C46H41BN2OS. The summed E-state index contributed by atoms with van der Waals surface area (Å²) in [5.41, 5.74) is 16.5. The average Bonchev–Trinajstić information content (AvgIpc) is 3.67. The van der Waals surface area contributed by atoms with Crippen LogP contribution in [0.5, 0.6) is 11.5 Å². The monoisotopic (exact) mass is 680 g/mol. The zero-order valence-corrected chi connectivity index (χ0v) is 30.5. The minimum atomic E-state index is 0.00142. The molecule has 0 amide bonds. The highest BCUT2D eigenvalue weighted by molar-refractivity contribution is 8.00. The zero-order chi connectivity index (χ0) is 34.0. The molecule has 2 aliphatic heterocycles. The second kappa shape index (κ2) is 10.9. The summed E-state index contributed by atoms with van der Waals surface area (Å²) in [6.07, 6.45) is 9.67. The number of nitrogens with zero attached hydrogens (tertiary/aromatic N) is 2. The van der Waals surface area contributed by atoms with Crippen LogP contribution in [0.3, 0.4) is 0 Å². The van der Waals surface area contributed by atoms with Crippen molar-refractivity contribution in [1.29, 1.82) is 0 Å². The molecule has 0 spiro atoms. The molecule has 4 heterocycles. The number of hydrogen-bond donors (Lipinski definition) is 0. The fraction of sp³-hybridized carbons (Fsp3) is 0.261. The van der Waals surface area contributed by atoms with Gasteiger partial charge in [-0.2, -0.15) is 0 Å². The molecule has 4 aliphatic rings. The normalized spacial score (nSPS) is 15.9. The summed E-state index contributed by atoms with van der Waals surface area (Å²) in [5, 5.41) is 2.83. The van der Waals surface area contributed by atoms with Crippen molar-refractivity contribution < 1.29 is 4.74 Å². The number of para-hydroxylation sites is 2. The molecule has 0 fully saturated rings. The lowest BCUT2D eigenvalue weighted by Gasteiger charge is -2.35. The number of aryl methyl sites for hydroxylation is 2. The van der Waals surface area contributed by atoms with E-state index in [2.05, 4.69) is 127 Å². The summed E-state index contributed by atoms with van der Waals surface area (Å²) in [7, 11) is 0. The quantitative estimate of drug-likeness (QED) is 0.169. The second-order valence-electron chi connectivity index (χ2n) is 16.2. The van der Waals surface area contributed by atoms with Gasteiger partial charge in [-0.15, -0.1) is 0 Å². The van der Waals surface area contributed by atoms with Crippen molar-refractivity contribution in [2.24, 2.45) is 0 Å². The maximum absolute atomic E-state index is 7.03. The van der Waals surface area contributed by atoms with E-state index in [9.17, 15) is 0 Å². The fourth-order valence-corrected chi connectivity index (χ4v) is 11.0. The van der Waals surface area contributed by atoms with E-state index in [4.69, 9.17) is 4.74 Å². The van der Waals surface area contributed by atoms with E-state index in [-0.39, 0.29) is 12.1 Å². The molecule has 0 bridgehead atoms. The summed E-state index contributed by atoms with van der Waals surface area (Å²) >= 11 is 1.93. The van der Waals surface area contributed by atoms with Gasteiger partial charge in [0.05, 0.1) is 11.0 Å². The standard InChI is InChI=1S/C46H41BN2OS/c1-46(2,3)28-24-42-45-44(25-28)51-43-27-30(49-39-18-10-6-14-33(39)34-15-7-11-19-40(34)49)21-23-36(43)47(45)35-22-20-29(26-41(35)50-42)48-37-16-8-4-12-31(37)32-13-5-9-17-38(32)48/h4,6,8,10,12,14,16,18,20-27H,5,7,9,11,13,15,17,19H2,1-3H3. The third-order valence-electron chi connectivity index (χ3n) is 12.2. The molecule has 5 aromatic carbocycles. The lowest BCUT2D eigenvalue weighted by atomic mass is 9.35. The van der Waals surface area contributed by atoms with E-state index in [0.29, 0.717) is 0 Å². The van der Waals surface area contributed by atoms with Gasteiger partial charge >= 0.3 is 0 Å². The van der Waals surface area contributed by atoms with Crippen LogP contribution in [0.4, 0.5) is 0 Å². The van der Waals surface area contributed by atoms with Gasteiger partial charge in [-0.1, -0.05) is 86.5 Å². The molecule has 0 atom stereocenters. The first-order chi connectivity index (χ1) is 24.9. The minimum absolute atomic E-state index is 0.00142. The van der Waals surface area contributed by atoms with Crippen molar-refractivity contribution in [3.63, 3.8) is 0 Å². The summed E-state index contributed by atoms with van der Waals surface area (Å²) in [6, 6.07) is 37.1. The Balaban J connectivity index is 1.10. The number of aromatic nitrogens is 2. The Morgan fingerprint density at radius 1 is 0.588 bits per heavy atom. The number of rotatable bonds is 2. The molecule has 250 valence electrons. The van der Waals surface area contributed by atoms with E-state index in [1.165, 1.54) is 114 Å². The van der Waals surface area contributed by atoms with Gasteiger partial charge in [0.25, 0.3) is 6.71 Å². The molecule has 0 N–H and O–H groups in total. The Bertz CT molecular complexity index is 2430. The Morgan fingerprint density at radius 3 is 1.82 bits per heavy atom. The lowest BCUT2D eigenvalue weighted by Crippen LogP contribution is -2.57. The van der Waals surface area contributed by atoms with E-state index in [1.807, 2.05) is 11.8 Å². The van der Waals surface area contributed by atoms with Crippen molar-refractivity contribution in [2.75, 3.05) is 0 Å². The van der Waals surface area contributed by atoms with Crippen LogP contribution in [0, 0.1) is 0 Å². The van der Waals surface area contributed by atoms with Crippen molar-refractivity contribution in [1.82, 2.24) is 9.13 Å². The van der Waals surface area contributed by atoms with Crippen molar-refractivity contribution in [2.45, 2.75) is 87.3 Å². The van der Waals surface area contributed by atoms with Gasteiger partial charge in [-0.3, -0.25) is 0 Å². The summed E-state index contributed by atoms with van der Waals surface area (Å²) < 4.78 is 12.1. The fourth-order valence-electron chi connectivity index (χ4n) is 9.76. The third kappa shape index (κ3) is 4.40. The SMILES string of the molecule is CC(C)(C)c1cc2c3c(c1)Sc1cc(-n4c5c(c6ccccc64)CCCC5)ccc1B3c1ccc(-n3c4c(c5ccccc53)CCCC4)cc1O2. The lowest BCUT2D eigenvalue weighted by molar-refractivity contribution is 0.481. The van der Waals surface area contributed by atoms with Crippen molar-refractivity contribution >= 4 is 56.7 Å². The molecule has 7 aromatic rings. The van der Waals surface area contributed by atoms with Crippen molar-refractivity contribution in [3.8, 4) is 22.9 Å². The smallest absolute Gasteiger partial charge is 0.253 e. The molecule has 11 rings (SSSR count). The van der Waals surface area contributed by atoms with Gasteiger partial charge in [-0.25, -0.2) is 0 Å². The number of ether oxygens (including phenoxy) is 1. The average molecular weight is 681 g/mol. The number of fused-ring (bicyclic) bond motifs is 10. The van der Waals surface area contributed by atoms with Crippen LogP contribution in [0.15, 0.2) is 107 Å². The molecule has 0 radical (unpaired) electrons. The van der Waals surface area contributed by atoms with E-state index >= 15 is 0 Å². The highest BCUT2D eigenvalue weighted by Crippen LogP contribution is 2.43. The minimum Gasteiger partial charge on any atom is -0.458 e. The predicted molar refractivity (Wildman–Crippen MR) is 214 cm³/mol. The van der Waals surface area contributed by atoms with Gasteiger partial charge in [0.15, 0.2) is 0 Å². The predicted octanol–water partition coefficient (Wildman–Crippen LogP) is 9.72. The van der Waals surface area contributed by atoms with Gasteiger partial charge in [0, 0.05) is 49.4 Å². The molecule has 2 aromatic heterocycles. The molecule has 51 heavy (non-hydrogen) atoms. The largest absolute Gasteiger partial charge is 0.458 e. The van der Waals surface area contributed by atoms with Gasteiger partial charge in [-0.05, 0) is 127 Å². The topological polar surface area (TPSA) is 19.1 Å². The second-order valence-corrected chi connectivity index (χ2v) is 17.3. The van der Waals surface area contributed by atoms with E-state index in [1.54, 1.807) is 5.56 Å². The first kappa shape index (κ1) is 30.1. The van der Waals surface area contributed by atoms with Crippen molar-refractivity contribution in [3.05, 3.63) is 125 Å². The van der Waals surface area contributed by atoms with Crippen LogP contribution in [-0.2, 0) is 31.1 Å². The van der Waals surface area contributed by atoms with Gasteiger partial charge in [0.2, 0.25) is 0 Å². The highest BCUT2D eigenvalue weighted by Gasteiger charge is 2.40. The molecule has 0 unspecified atom stereocenters. The van der Waals surface area contributed by atoms with Crippen LogP contribution < -0.4 is 21.1 Å². The Hall–Kier alpha value is -4.61. The summed E-state index contributed by atoms with van der Waals surface area (Å²) in [6.45, 7) is 7.06. The summed E-state index contributed by atoms with van der Waals surface area (Å²) in [5.74, 6) is 2.00. The highest BCUT2D eigenvalue weighted by atomic mass is 32.2. The molecular weight excluding hydrogens is 639 g/mol. The van der Waals surface area contributed by atoms with Crippen LogP contribution in [0.2, 0.25) is 0 Å². The van der Waals surface area contributed by atoms with Crippen LogP contribution in [0.1, 0.15) is 74.5 Å². The zero-order valence-electron chi connectivity index (χ0n) is 29.7. The Labute approximate surface area is 304 Å².